The van der Waals surface area contributed by atoms with Gasteiger partial charge in [0.25, 0.3) is 0 Å². The topological polar surface area (TPSA) is 77.8 Å². The van der Waals surface area contributed by atoms with E-state index in [1.54, 1.807) is 45.2 Å². The van der Waals surface area contributed by atoms with Gasteiger partial charge in [0.1, 0.15) is 5.56 Å². The maximum absolute atomic E-state index is 12.3. The van der Waals surface area contributed by atoms with Gasteiger partial charge in [0.15, 0.2) is 11.4 Å². The van der Waals surface area contributed by atoms with Gasteiger partial charge in [-0.2, -0.15) is 0 Å². The van der Waals surface area contributed by atoms with E-state index in [1.807, 2.05) is 6.07 Å². The quantitative estimate of drug-likeness (QED) is 0.858. The highest BCUT2D eigenvalue weighted by Crippen LogP contribution is 2.36. The van der Waals surface area contributed by atoms with Crippen LogP contribution in [0.25, 0.3) is 11.3 Å². The zero-order chi connectivity index (χ0) is 17.0. The van der Waals surface area contributed by atoms with Crippen LogP contribution in [0.3, 0.4) is 0 Å². The summed E-state index contributed by atoms with van der Waals surface area (Å²) in [6.07, 6.45) is 0. The van der Waals surface area contributed by atoms with Gasteiger partial charge < -0.3 is 19.1 Å². The van der Waals surface area contributed by atoms with Gasteiger partial charge >= 0.3 is 11.9 Å². The van der Waals surface area contributed by atoms with E-state index < -0.39 is 17.7 Å². The Morgan fingerprint density at radius 1 is 1.04 bits per heavy atom. The van der Waals surface area contributed by atoms with E-state index in [0.29, 0.717) is 11.3 Å². The second kappa shape index (κ2) is 7.00. The molecule has 0 aliphatic carbocycles. The minimum absolute atomic E-state index is 0.0383. The van der Waals surface area contributed by atoms with Crippen molar-refractivity contribution in [3.8, 4) is 17.0 Å². The highest BCUT2D eigenvalue weighted by Gasteiger charge is 2.31. The van der Waals surface area contributed by atoms with Crippen LogP contribution in [-0.4, -0.2) is 34.8 Å². The van der Waals surface area contributed by atoms with Crippen molar-refractivity contribution in [2.75, 3.05) is 13.2 Å². The van der Waals surface area contributed by atoms with Gasteiger partial charge in [-0.15, -0.1) is 0 Å². The summed E-state index contributed by atoms with van der Waals surface area (Å²) in [5.41, 5.74) is 0.978. The van der Waals surface area contributed by atoms with Gasteiger partial charge in [0.05, 0.1) is 18.9 Å². The molecule has 0 amide bonds. The van der Waals surface area contributed by atoms with E-state index in [-0.39, 0.29) is 24.5 Å². The maximum atomic E-state index is 12.3. The number of benzene rings is 1. The molecular weight excluding hydrogens is 298 g/mol. The molecule has 0 unspecified atom stereocenters. The van der Waals surface area contributed by atoms with Crippen molar-refractivity contribution < 1.29 is 24.2 Å². The first-order valence-corrected chi connectivity index (χ1v) is 7.34. The molecule has 0 bridgehead atoms. The summed E-state index contributed by atoms with van der Waals surface area (Å²) in [5.74, 6) is -1.81. The molecule has 1 aromatic heterocycles. The number of rotatable bonds is 5. The second-order valence-electron chi connectivity index (χ2n) is 4.79. The molecule has 122 valence electrons. The Labute approximate surface area is 134 Å². The highest BCUT2D eigenvalue weighted by atomic mass is 16.5. The number of nitrogens with zero attached hydrogens (tertiary/aromatic N) is 1. The SMILES string of the molecule is CCOC(=O)c1c(O)c(C(=O)OCC)n(C)c1-c1ccccc1. The molecule has 6 heteroatoms. The number of carbonyl (C=O) groups excluding carboxylic acids is 2. The Morgan fingerprint density at radius 2 is 1.61 bits per heavy atom. The predicted molar refractivity (Wildman–Crippen MR) is 84.4 cm³/mol. The number of aromatic hydroxyl groups is 1. The summed E-state index contributed by atoms with van der Waals surface area (Å²) in [4.78, 5) is 24.4. The Bertz CT molecular complexity index is 718. The molecule has 1 aromatic carbocycles. The normalized spacial score (nSPS) is 10.4. The summed E-state index contributed by atoms with van der Waals surface area (Å²) in [7, 11) is 1.59. The molecule has 0 aliphatic rings. The van der Waals surface area contributed by atoms with Crippen LogP contribution in [0.15, 0.2) is 30.3 Å². The Hall–Kier alpha value is -2.76. The largest absolute Gasteiger partial charge is 0.505 e. The third-order valence-electron chi connectivity index (χ3n) is 3.36. The molecule has 0 atom stereocenters. The van der Waals surface area contributed by atoms with E-state index in [0.717, 1.165) is 0 Å². The number of aromatic nitrogens is 1. The monoisotopic (exact) mass is 317 g/mol. The van der Waals surface area contributed by atoms with Gasteiger partial charge in [-0.25, -0.2) is 9.59 Å². The number of hydrogen-bond donors (Lipinski definition) is 1. The van der Waals surface area contributed by atoms with Crippen molar-refractivity contribution in [2.24, 2.45) is 7.05 Å². The van der Waals surface area contributed by atoms with Gasteiger partial charge in [0.2, 0.25) is 0 Å². The summed E-state index contributed by atoms with van der Waals surface area (Å²) in [6.45, 7) is 3.67. The van der Waals surface area contributed by atoms with Crippen LogP contribution in [0.1, 0.15) is 34.7 Å². The van der Waals surface area contributed by atoms with Crippen LogP contribution in [0, 0.1) is 0 Å². The fraction of sp³-hybridized carbons (Fsp3) is 0.294. The smallest absolute Gasteiger partial charge is 0.358 e. The van der Waals surface area contributed by atoms with E-state index in [2.05, 4.69) is 0 Å². The third-order valence-corrected chi connectivity index (χ3v) is 3.36. The van der Waals surface area contributed by atoms with Gasteiger partial charge in [-0.3, -0.25) is 0 Å². The molecule has 1 N–H and O–H groups in total. The zero-order valence-electron chi connectivity index (χ0n) is 13.3. The van der Waals surface area contributed by atoms with Crippen LogP contribution >= 0.6 is 0 Å². The molecular formula is C17H19NO5. The van der Waals surface area contributed by atoms with Gasteiger partial charge in [0, 0.05) is 7.05 Å². The van der Waals surface area contributed by atoms with Crippen molar-refractivity contribution in [3.05, 3.63) is 41.6 Å². The summed E-state index contributed by atoms with van der Waals surface area (Å²) >= 11 is 0. The summed E-state index contributed by atoms with van der Waals surface area (Å²) < 4.78 is 11.4. The molecule has 0 radical (unpaired) electrons. The lowest BCUT2D eigenvalue weighted by atomic mass is 10.1. The molecule has 6 nitrogen and oxygen atoms in total. The Balaban J connectivity index is 2.70. The predicted octanol–water partition coefficient (Wildman–Crippen LogP) is 2.75. The van der Waals surface area contributed by atoms with Crippen LogP contribution in [0.2, 0.25) is 0 Å². The maximum Gasteiger partial charge on any atom is 0.358 e. The second-order valence-corrected chi connectivity index (χ2v) is 4.79. The fourth-order valence-corrected chi connectivity index (χ4v) is 2.43. The number of ether oxygens (including phenoxy) is 2. The lowest BCUT2D eigenvalue weighted by Crippen LogP contribution is -2.10. The third kappa shape index (κ3) is 3.06. The number of esters is 2. The van der Waals surface area contributed by atoms with E-state index >= 15 is 0 Å². The lowest BCUT2D eigenvalue weighted by molar-refractivity contribution is 0.0512. The van der Waals surface area contributed by atoms with E-state index in [1.165, 1.54) is 4.57 Å². The molecule has 0 spiro atoms. The standard InChI is InChI=1S/C17H19NO5/c1-4-22-16(20)12-13(11-9-7-6-8-10-11)18(3)14(15(12)19)17(21)23-5-2/h6-10,19H,4-5H2,1-3H3. The lowest BCUT2D eigenvalue weighted by Gasteiger charge is -2.08. The van der Waals surface area contributed by atoms with Crippen molar-refractivity contribution in [1.82, 2.24) is 4.57 Å². The first-order valence-electron chi connectivity index (χ1n) is 7.34. The van der Waals surface area contributed by atoms with Crippen LogP contribution < -0.4 is 0 Å². The van der Waals surface area contributed by atoms with Crippen molar-refractivity contribution >= 4 is 11.9 Å². The van der Waals surface area contributed by atoms with Gasteiger partial charge in [-0.1, -0.05) is 30.3 Å². The van der Waals surface area contributed by atoms with Gasteiger partial charge in [-0.05, 0) is 19.4 Å². The van der Waals surface area contributed by atoms with Crippen LogP contribution in [0.4, 0.5) is 0 Å². The molecule has 0 saturated heterocycles. The first-order chi connectivity index (χ1) is 11.0. The van der Waals surface area contributed by atoms with Crippen molar-refractivity contribution in [1.29, 1.82) is 0 Å². The first kappa shape index (κ1) is 16.6. The Morgan fingerprint density at radius 3 is 2.17 bits per heavy atom. The van der Waals surface area contributed by atoms with Crippen molar-refractivity contribution in [3.63, 3.8) is 0 Å². The average Bonchev–Trinajstić information content (AvgIpc) is 2.79. The minimum atomic E-state index is -0.694. The van der Waals surface area contributed by atoms with Crippen LogP contribution in [-0.2, 0) is 16.5 Å². The molecule has 0 aliphatic heterocycles. The Kier molecular flexibility index (Phi) is 5.05. The molecule has 0 fully saturated rings. The van der Waals surface area contributed by atoms with E-state index in [9.17, 15) is 14.7 Å². The highest BCUT2D eigenvalue weighted by molar-refractivity contribution is 6.05. The molecule has 2 aromatic rings. The fourth-order valence-electron chi connectivity index (χ4n) is 2.43. The van der Waals surface area contributed by atoms with Crippen molar-refractivity contribution in [2.45, 2.75) is 13.8 Å². The van der Waals surface area contributed by atoms with E-state index in [4.69, 9.17) is 9.47 Å². The minimum Gasteiger partial charge on any atom is -0.505 e. The number of hydrogen-bond acceptors (Lipinski definition) is 5. The molecule has 1 heterocycles. The van der Waals surface area contributed by atoms with Crippen LogP contribution in [0.5, 0.6) is 5.75 Å². The molecule has 2 rings (SSSR count). The molecule has 0 saturated carbocycles. The number of carbonyl (C=O) groups is 2. The summed E-state index contributed by atoms with van der Waals surface area (Å²) in [5, 5.41) is 10.4. The average molecular weight is 317 g/mol. The molecule has 23 heavy (non-hydrogen) atoms. The zero-order valence-corrected chi connectivity index (χ0v) is 13.3. The summed E-state index contributed by atoms with van der Waals surface area (Å²) in [6, 6.07) is 9.01.